The van der Waals surface area contributed by atoms with Crippen molar-refractivity contribution >= 4 is 39.1 Å². The van der Waals surface area contributed by atoms with Crippen LogP contribution in [-0.2, 0) is 4.79 Å². The first-order valence-corrected chi connectivity index (χ1v) is 7.10. The van der Waals surface area contributed by atoms with E-state index in [1.165, 1.54) is 6.42 Å². The molecule has 1 aromatic rings. The maximum Gasteiger partial charge on any atom is 0.227 e. The van der Waals surface area contributed by atoms with Crippen LogP contribution in [0.5, 0.6) is 0 Å². The molecule has 1 aliphatic carbocycles. The third-order valence-corrected chi connectivity index (χ3v) is 3.99. The van der Waals surface area contributed by atoms with Crippen LogP contribution in [0.1, 0.15) is 32.1 Å². The molecule has 0 radical (unpaired) electrons. The third kappa shape index (κ3) is 3.46. The third-order valence-electron chi connectivity index (χ3n) is 3.16. The summed E-state index contributed by atoms with van der Waals surface area (Å²) in [6.07, 6.45) is 5.56. The van der Waals surface area contributed by atoms with Gasteiger partial charge in [-0.25, -0.2) is 0 Å². The molecule has 4 heteroatoms. The maximum absolute atomic E-state index is 12.0. The van der Waals surface area contributed by atoms with E-state index in [-0.39, 0.29) is 11.8 Å². The summed E-state index contributed by atoms with van der Waals surface area (Å²) in [6, 6.07) is 5.48. The molecule has 0 aromatic heterocycles. The summed E-state index contributed by atoms with van der Waals surface area (Å²) in [5, 5.41) is 3.50. The Bertz CT molecular complexity index is 416. The minimum absolute atomic E-state index is 0.102. The first-order chi connectivity index (χ1) is 8.16. The topological polar surface area (TPSA) is 29.1 Å². The van der Waals surface area contributed by atoms with Crippen LogP contribution >= 0.6 is 27.5 Å². The molecular formula is C13H15BrClNO. The van der Waals surface area contributed by atoms with Crippen molar-refractivity contribution in [3.63, 3.8) is 0 Å². The number of hydrogen-bond acceptors (Lipinski definition) is 1. The standard InChI is InChI=1S/C13H15BrClNO/c14-10-6-7-11(15)12(8-10)16-13(17)9-4-2-1-3-5-9/h6-9H,1-5H2,(H,16,17). The Balaban J connectivity index is 2.04. The predicted octanol–water partition coefficient (Wildman–Crippen LogP) is 4.62. The second-order valence-corrected chi connectivity index (χ2v) is 5.77. The van der Waals surface area contributed by atoms with Crippen molar-refractivity contribution in [1.29, 1.82) is 0 Å². The minimum atomic E-state index is 0.102. The van der Waals surface area contributed by atoms with Gasteiger partial charge in [0.1, 0.15) is 0 Å². The fourth-order valence-corrected chi connectivity index (χ4v) is 2.72. The van der Waals surface area contributed by atoms with Gasteiger partial charge >= 0.3 is 0 Å². The van der Waals surface area contributed by atoms with Crippen LogP contribution in [0.4, 0.5) is 5.69 Å². The molecule has 0 bridgehead atoms. The van der Waals surface area contributed by atoms with E-state index in [1.54, 1.807) is 6.07 Å². The Morgan fingerprint density at radius 3 is 2.71 bits per heavy atom. The van der Waals surface area contributed by atoms with Gasteiger partial charge in [-0.1, -0.05) is 46.8 Å². The van der Waals surface area contributed by atoms with Gasteiger partial charge in [-0.15, -0.1) is 0 Å². The highest BCUT2D eigenvalue weighted by molar-refractivity contribution is 9.10. The highest BCUT2D eigenvalue weighted by Gasteiger charge is 2.21. The van der Waals surface area contributed by atoms with Gasteiger partial charge < -0.3 is 5.32 Å². The Morgan fingerprint density at radius 1 is 1.29 bits per heavy atom. The molecule has 0 atom stereocenters. The highest BCUT2D eigenvalue weighted by atomic mass is 79.9. The minimum Gasteiger partial charge on any atom is -0.324 e. The van der Waals surface area contributed by atoms with Crippen molar-refractivity contribution in [2.24, 2.45) is 5.92 Å². The van der Waals surface area contributed by atoms with Gasteiger partial charge in [0.05, 0.1) is 10.7 Å². The fraction of sp³-hybridized carbons (Fsp3) is 0.462. The van der Waals surface area contributed by atoms with Crippen molar-refractivity contribution in [2.45, 2.75) is 32.1 Å². The van der Waals surface area contributed by atoms with E-state index in [2.05, 4.69) is 21.2 Å². The molecule has 0 spiro atoms. The van der Waals surface area contributed by atoms with Gasteiger partial charge in [0, 0.05) is 10.4 Å². The van der Waals surface area contributed by atoms with Crippen molar-refractivity contribution < 1.29 is 4.79 Å². The lowest BCUT2D eigenvalue weighted by molar-refractivity contribution is -0.120. The van der Waals surface area contributed by atoms with E-state index in [4.69, 9.17) is 11.6 Å². The van der Waals surface area contributed by atoms with Gasteiger partial charge in [0.25, 0.3) is 0 Å². The number of halogens is 2. The van der Waals surface area contributed by atoms with Gasteiger partial charge in [-0.3, -0.25) is 4.79 Å². The van der Waals surface area contributed by atoms with Crippen molar-refractivity contribution in [3.8, 4) is 0 Å². The highest BCUT2D eigenvalue weighted by Crippen LogP contribution is 2.29. The molecule has 0 heterocycles. The quantitative estimate of drug-likeness (QED) is 0.847. The monoisotopic (exact) mass is 315 g/mol. The molecule has 2 nitrogen and oxygen atoms in total. The zero-order valence-electron chi connectivity index (χ0n) is 9.51. The SMILES string of the molecule is O=C(Nc1cc(Br)ccc1Cl)C1CCCCC1. The van der Waals surface area contributed by atoms with Crippen LogP contribution in [0.2, 0.25) is 5.02 Å². The summed E-state index contributed by atoms with van der Waals surface area (Å²) in [6.45, 7) is 0. The van der Waals surface area contributed by atoms with E-state index >= 15 is 0 Å². The smallest absolute Gasteiger partial charge is 0.227 e. The number of nitrogens with one attached hydrogen (secondary N) is 1. The van der Waals surface area contributed by atoms with E-state index in [0.717, 1.165) is 30.2 Å². The van der Waals surface area contributed by atoms with Crippen molar-refractivity contribution in [2.75, 3.05) is 5.32 Å². The van der Waals surface area contributed by atoms with Crippen LogP contribution < -0.4 is 5.32 Å². The molecule has 0 unspecified atom stereocenters. The second-order valence-electron chi connectivity index (χ2n) is 4.45. The molecule has 1 saturated carbocycles. The summed E-state index contributed by atoms with van der Waals surface area (Å²) < 4.78 is 0.917. The van der Waals surface area contributed by atoms with E-state index in [0.29, 0.717) is 10.7 Å². The first kappa shape index (κ1) is 12.9. The van der Waals surface area contributed by atoms with Gasteiger partial charge in [-0.05, 0) is 31.0 Å². The van der Waals surface area contributed by atoms with Crippen LogP contribution in [0, 0.1) is 5.92 Å². The average Bonchev–Trinajstić information content (AvgIpc) is 2.35. The number of hydrogen-bond donors (Lipinski definition) is 1. The molecule has 1 aliphatic rings. The normalized spacial score (nSPS) is 16.8. The molecule has 0 saturated heterocycles. The molecule has 92 valence electrons. The summed E-state index contributed by atoms with van der Waals surface area (Å²) in [4.78, 5) is 12.0. The lowest BCUT2D eigenvalue weighted by Crippen LogP contribution is -2.24. The summed E-state index contributed by atoms with van der Waals surface area (Å²) >= 11 is 9.42. The van der Waals surface area contributed by atoms with Crippen LogP contribution in [-0.4, -0.2) is 5.91 Å². The number of rotatable bonds is 2. The van der Waals surface area contributed by atoms with Gasteiger partial charge in [0.2, 0.25) is 5.91 Å². The Kier molecular flexibility index (Phi) is 4.46. The van der Waals surface area contributed by atoms with E-state index in [1.807, 2.05) is 12.1 Å². The molecule has 17 heavy (non-hydrogen) atoms. The van der Waals surface area contributed by atoms with Gasteiger partial charge in [-0.2, -0.15) is 0 Å². The van der Waals surface area contributed by atoms with Crippen LogP contribution in [0.15, 0.2) is 22.7 Å². The average molecular weight is 317 g/mol. The second kappa shape index (κ2) is 5.87. The summed E-state index contributed by atoms with van der Waals surface area (Å²) in [5.41, 5.74) is 0.691. The molecule has 1 N–H and O–H groups in total. The predicted molar refractivity (Wildman–Crippen MR) is 74.4 cm³/mol. The number of amides is 1. The molecule has 1 aromatic carbocycles. The lowest BCUT2D eigenvalue weighted by atomic mass is 9.88. The number of benzene rings is 1. The fourth-order valence-electron chi connectivity index (χ4n) is 2.19. The number of anilines is 1. The summed E-state index contributed by atoms with van der Waals surface area (Å²) in [5.74, 6) is 0.253. The molecule has 1 amide bonds. The van der Waals surface area contributed by atoms with Crippen LogP contribution in [0.3, 0.4) is 0 Å². The molecular weight excluding hydrogens is 302 g/mol. The lowest BCUT2D eigenvalue weighted by Gasteiger charge is -2.21. The molecule has 0 aliphatic heterocycles. The van der Waals surface area contributed by atoms with E-state index in [9.17, 15) is 4.79 Å². The number of carbonyl (C=O) groups excluding carboxylic acids is 1. The van der Waals surface area contributed by atoms with Crippen LogP contribution in [0.25, 0.3) is 0 Å². The maximum atomic E-state index is 12.0. The van der Waals surface area contributed by atoms with Crippen molar-refractivity contribution in [1.82, 2.24) is 0 Å². The first-order valence-electron chi connectivity index (χ1n) is 5.93. The largest absolute Gasteiger partial charge is 0.324 e. The Hall–Kier alpha value is -0.540. The van der Waals surface area contributed by atoms with Gasteiger partial charge in [0.15, 0.2) is 0 Å². The summed E-state index contributed by atoms with van der Waals surface area (Å²) in [7, 11) is 0. The Morgan fingerprint density at radius 2 is 2.00 bits per heavy atom. The molecule has 2 rings (SSSR count). The van der Waals surface area contributed by atoms with E-state index < -0.39 is 0 Å². The van der Waals surface area contributed by atoms with Crippen molar-refractivity contribution in [3.05, 3.63) is 27.7 Å². The Labute approximate surface area is 115 Å². The number of carbonyl (C=O) groups is 1. The zero-order chi connectivity index (χ0) is 12.3. The zero-order valence-corrected chi connectivity index (χ0v) is 11.9. The molecule has 1 fully saturated rings.